The van der Waals surface area contributed by atoms with Gasteiger partial charge in [-0.3, -0.25) is 4.90 Å². The van der Waals surface area contributed by atoms with Crippen molar-refractivity contribution in [3.05, 3.63) is 30.2 Å². The second-order valence-corrected chi connectivity index (χ2v) is 7.70. The maximum atomic E-state index is 5.88. The molecule has 0 amide bonds. The van der Waals surface area contributed by atoms with Crippen molar-refractivity contribution in [2.75, 3.05) is 39.3 Å². The molecule has 0 atom stereocenters. The Morgan fingerprint density at radius 2 is 1.74 bits per heavy atom. The normalized spacial score (nSPS) is 16.1. The molecule has 0 aliphatic carbocycles. The van der Waals surface area contributed by atoms with Crippen LogP contribution < -0.4 is 4.74 Å². The van der Waals surface area contributed by atoms with Gasteiger partial charge in [0, 0.05) is 38.3 Å². The number of hydrogen-bond acceptors (Lipinski definition) is 6. The van der Waals surface area contributed by atoms with E-state index in [1.54, 1.807) is 0 Å². The standard InChI is InChI=1S/C21H32N4O2/c1-4-5-14-26-19-8-6-18(7-9-19)21-23-22-20(27-21)16-25-12-10-24(11-13-25)15-17(2)3/h6-9,17H,4-5,10-16H2,1-3H3. The van der Waals surface area contributed by atoms with E-state index >= 15 is 0 Å². The Morgan fingerprint density at radius 1 is 1.04 bits per heavy atom. The third kappa shape index (κ3) is 6.04. The summed E-state index contributed by atoms with van der Waals surface area (Å²) in [7, 11) is 0. The summed E-state index contributed by atoms with van der Waals surface area (Å²) >= 11 is 0. The molecule has 6 nitrogen and oxygen atoms in total. The van der Waals surface area contributed by atoms with E-state index < -0.39 is 0 Å². The molecule has 1 fully saturated rings. The average molecular weight is 373 g/mol. The van der Waals surface area contributed by atoms with E-state index in [-0.39, 0.29) is 0 Å². The molecule has 0 bridgehead atoms. The van der Waals surface area contributed by atoms with Crippen molar-refractivity contribution >= 4 is 0 Å². The first-order chi connectivity index (χ1) is 13.1. The maximum absolute atomic E-state index is 5.88. The molecule has 1 saturated heterocycles. The van der Waals surface area contributed by atoms with Crippen molar-refractivity contribution < 1.29 is 9.15 Å². The SMILES string of the molecule is CCCCOc1ccc(-c2nnc(CN3CCN(CC(C)C)CC3)o2)cc1. The van der Waals surface area contributed by atoms with Crippen molar-refractivity contribution in [2.24, 2.45) is 5.92 Å². The molecule has 0 spiro atoms. The molecule has 1 aromatic heterocycles. The van der Waals surface area contributed by atoms with Crippen LogP contribution in [0.3, 0.4) is 0 Å². The molecule has 0 radical (unpaired) electrons. The number of nitrogens with zero attached hydrogens (tertiary/aromatic N) is 4. The van der Waals surface area contributed by atoms with E-state index in [1.165, 1.54) is 6.54 Å². The van der Waals surface area contributed by atoms with Crippen LogP contribution in [0, 0.1) is 5.92 Å². The lowest BCUT2D eigenvalue weighted by Gasteiger charge is -2.34. The van der Waals surface area contributed by atoms with E-state index in [2.05, 4.69) is 40.8 Å². The summed E-state index contributed by atoms with van der Waals surface area (Å²) in [6.07, 6.45) is 2.20. The largest absolute Gasteiger partial charge is 0.494 e. The van der Waals surface area contributed by atoms with Crippen molar-refractivity contribution in [1.29, 1.82) is 0 Å². The molecule has 6 heteroatoms. The van der Waals surface area contributed by atoms with E-state index in [0.717, 1.165) is 69.4 Å². The number of piperazine rings is 1. The smallest absolute Gasteiger partial charge is 0.247 e. The Kier molecular flexibility index (Phi) is 7.24. The lowest BCUT2D eigenvalue weighted by atomic mass is 10.2. The number of unbranched alkanes of at least 4 members (excludes halogenated alkanes) is 1. The summed E-state index contributed by atoms with van der Waals surface area (Å²) in [6, 6.07) is 7.87. The van der Waals surface area contributed by atoms with Gasteiger partial charge in [-0.25, -0.2) is 0 Å². The first kappa shape index (κ1) is 19.8. The minimum absolute atomic E-state index is 0.573. The highest BCUT2D eigenvalue weighted by molar-refractivity contribution is 5.53. The van der Waals surface area contributed by atoms with E-state index in [9.17, 15) is 0 Å². The van der Waals surface area contributed by atoms with E-state index in [4.69, 9.17) is 9.15 Å². The zero-order chi connectivity index (χ0) is 19.1. The third-order valence-electron chi connectivity index (χ3n) is 4.78. The second kappa shape index (κ2) is 9.85. The fourth-order valence-electron chi connectivity index (χ4n) is 3.30. The molecule has 3 rings (SSSR count). The summed E-state index contributed by atoms with van der Waals surface area (Å²) < 4.78 is 11.6. The van der Waals surface area contributed by atoms with Crippen LogP contribution in [0.15, 0.2) is 28.7 Å². The van der Waals surface area contributed by atoms with Crippen LogP contribution in [0.4, 0.5) is 0 Å². The van der Waals surface area contributed by atoms with Crippen LogP contribution >= 0.6 is 0 Å². The number of rotatable bonds is 9. The van der Waals surface area contributed by atoms with Gasteiger partial charge in [0.15, 0.2) is 0 Å². The van der Waals surface area contributed by atoms with E-state index in [0.29, 0.717) is 11.8 Å². The van der Waals surface area contributed by atoms with Gasteiger partial charge < -0.3 is 14.1 Å². The van der Waals surface area contributed by atoms with Gasteiger partial charge in [0.25, 0.3) is 0 Å². The second-order valence-electron chi connectivity index (χ2n) is 7.70. The van der Waals surface area contributed by atoms with Gasteiger partial charge in [0.1, 0.15) is 5.75 Å². The lowest BCUT2D eigenvalue weighted by molar-refractivity contribution is 0.110. The summed E-state index contributed by atoms with van der Waals surface area (Å²) in [5, 5.41) is 8.45. The fourth-order valence-corrected chi connectivity index (χ4v) is 3.30. The minimum Gasteiger partial charge on any atom is -0.494 e. The third-order valence-corrected chi connectivity index (χ3v) is 4.78. The molecule has 0 N–H and O–H groups in total. The van der Waals surface area contributed by atoms with Crippen LogP contribution in [0.1, 0.15) is 39.5 Å². The molecule has 27 heavy (non-hydrogen) atoms. The summed E-state index contributed by atoms with van der Waals surface area (Å²) in [4.78, 5) is 4.92. The Balaban J connectivity index is 1.50. The van der Waals surface area contributed by atoms with Gasteiger partial charge in [0.05, 0.1) is 13.2 Å². The van der Waals surface area contributed by atoms with Gasteiger partial charge in [0.2, 0.25) is 11.8 Å². The van der Waals surface area contributed by atoms with Gasteiger partial charge >= 0.3 is 0 Å². The molecular weight excluding hydrogens is 340 g/mol. The molecule has 1 aliphatic heterocycles. The number of benzene rings is 1. The van der Waals surface area contributed by atoms with Crippen molar-refractivity contribution in [2.45, 2.75) is 40.2 Å². The zero-order valence-corrected chi connectivity index (χ0v) is 16.9. The van der Waals surface area contributed by atoms with Crippen molar-refractivity contribution in [1.82, 2.24) is 20.0 Å². The highest BCUT2D eigenvalue weighted by atomic mass is 16.5. The van der Waals surface area contributed by atoms with E-state index in [1.807, 2.05) is 24.3 Å². The number of aromatic nitrogens is 2. The fraction of sp³-hybridized carbons (Fsp3) is 0.619. The van der Waals surface area contributed by atoms with Crippen LogP contribution in [0.25, 0.3) is 11.5 Å². The molecule has 2 aromatic rings. The van der Waals surface area contributed by atoms with Gasteiger partial charge in [-0.1, -0.05) is 27.2 Å². The monoisotopic (exact) mass is 372 g/mol. The highest BCUT2D eigenvalue weighted by Crippen LogP contribution is 2.22. The summed E-state index contributed by atoms with van der Waals surface area (Å²) in [5.41, 5.74) is 0.929. The minimum atomic E-state index is 0.573. The predicted octanol–water partition coefficient (Wildman–Crippen LogP) is 3.69. The molecular formula is C21H32N4O2. The van der Waals surface area contributed by atoms with Gasteiger partial charge in [-0.05, 0) is 36.6 Å². The summed E-state index contributed by atoms with van der Waals surface area (Å²) in [5.74, 6) is 2.86. The first-order valence-corrected chi connectivity index (χ1v) is 10.1. The molecule has 2 heterocycles. The van der Waals surface area contributed by atoms with Crippen LogP contribution in [0.5, 0.6) is 5.75 Å². The first-order valence-electron chi connectivity index (χ1n) is 10.1. The van der Waals surface area contributed by atoms with Crippen molar-refractivity contribution in [3.8, 4) is 17.2 Å². The number of ether oxygens (including phenoxy) is 1. The average Bonchev–Trinajstić information content (AvgIpc) is 3.12. The molecule has 148 valence electrons. The molecule has 0 saturated carbocycles. The quantitative estimate of drug-likeness (QED) is 0.626. The van der Waals surface area contributed by atoms with Crippen LogP contribution in [-0.2, 0) is 6.54 Å². The Bertz CT molecular complexity index is 676. The molecule has 0 unspecified atom stereocenters. The maximum Gasteiger partial charge on any atom is 0.247 e. The van der Waals surface area contributed by atoms with Gasteiger partial charge in [-0.2, -0.15) is 0 Å². The Hall–Kier alpha value is -1.92. The van der Waals surface area contributed by atoms with Crippen LogP contribution in [-0.4, -0.2) is 59.3 Å². The lowest BCUT2D eigenvalue weighted by Crippen LogP contribution is -2.46. The molecule has 1 aliphatic rings. The Labute approximate surface area is 162 Å². The highest BCUT2D eigenvalue weighted by Gasteiger charge is 2.19. The van der Waals surface area contributed by atoms with Crippen molar-refractivity contribution in [3.63, 3.8) is 0 Å². The Morgan fingerprint density at radius 3 is 2.41 bits per heavy atom. The van der Waals surface area contributed by atoms with Crippen LogP contribution in [0.2, 0.25) is 0 Å². The summed E-state index contributed by atoms with van der Waals surface area (Å²) in [6.45, 7) is 13.7. The molecule has 1 aromatic carbocycles. The van der Waals surface area contributed by atoms with Gasteiger partial charge in [-0.15, -0.1) is 10.2 Å². The topological polar surface area (TPSA) is 54.6 Å². The predicted molar refractivity (Wildman–Crippen MR) is 107 cm³/mol. The zero-order valence-electron chi connectivity index (χ0n) is 16.9. The number of hydrogen-bond donors (Lipinski definition) is 0.